The van der Waals surface area contributed by atoms with Gasteiger partial charge in [-0.3, -0.25) is 0 Å². The average molecular weight is 501 g/mol. The van der Waals surface area contributed by atoms with Crippen LogP contribution in [0.25, 0.3) is 6.08 Å². The zero-order valence-corrected chi connectivity index (χ0v) is 15.0. The Kier molecular flexibility index (Phi) is 4.39. The third-order valence-corrected chi connectivity index (χ3v) is 4.61. The highest BCUT2D eigenvalue weighted by Gasteiger charge is 2.24. The summed E-state index contributed by atoms with van der Waals surface area (Å²) >= 11 is 4.45. The van der Waals surface area contributed by atoms with Crippen LogP contribution in [0.2, 0.25) is 0 Å². The van der Waals surface area contributed by atoms with Crippen LogP contribution in [-0.4, -0.2) is 11.9 Å². The lowest BCUT2D eigenvalue weighted by Gasteiger charge is -1.98. The van der Waals surface area contributed by atoms with E-state index in [0.29, 0.717) is 11.6 Å². The van der Waals surface area contributed by atoms with Crippen molar-refractivity contribution in [3.8, 4) is 0 Å². The summed E-state index contributed by atoms with van der Waals surface area (Å²) < 4.78 is 7.43. The second kappa shape index (κ2) is 6.27. The largest absolute Gasteiger partial charge is 0.402 e. The lowest BCUT2D eigenvalue weighted by Crippen LogP contribution is -2.05. The number of rotatable bonds is 2. The van der Waals surface area contributed by atoms with Gasteiger partial charge in [-0.15, -0.1) is 0 Å². The molecule has 0 atom stereocenters. The molecule has 104 valence electrons. The summed E-state index contributed by atoms with van der Waals surface area (Å²) in [6.07, 6.45) is 1.75. The van der Waals surface area contributed by atoms with E-state index < -0.39 is 5.97 Å². The topological polar surface area (TPSA) is 38.7 Å². The number of esters is 1. The van der Waals surface area contributed by atoms with Crippen molar-refractivity contribution in [2.75, 3.05) is 0 Å². The number of nitrogens with zero attached hydrogens (tertiary/aromatic N) is 1. The summed E-state index contributed by atoms with van der Waals surface area (Å²) in [6.45, 7) is 0. The predicted octanol–water partition coefficient (Wildman–Crippen LogP) is 4.24. The molecule has 1 aliphatic heterocycles. The molecule has 2 aromatic rings. The van der Waals surface area contributed by atoms with Crippen LogP contribution in [0.15, 0.2) is 59.2 Å². The van der Waals surface area contributed by atoms with E-state index in [1.165, 1.54) is 0 Å². The fourth-order valence-electron chi connectivity index (χ4n) is 1.86. The number of hydrogen-bond acceptors (Lipinski definition) is 3. The Morgan fingerprint density at radius 2 is 1.71 bits per heavy atom. The number of carbonyl (C=O) groups is 1. The average Bonchev–Trinajstić information content (AvgIpc) is 2.83. The Bertz CT molecular complexity index is 764. The highest BCUT2D eigenvalue weighted by atomic mass is 127. The maximum atomic E-state index is 11.9. The van der Waals surface area contributed by atoms with Crippen LogP contribution in [0.4, 0.5) is 0 Å². The van der Waals surface area contributed by atoms with Crippen molar-refractivity contribution in [3.63, 3.8) is 0 Å². The first-order chi connectivity index (χ1) is 10.1. The second-order valence-corrected chi connectivity index (χ2v) is 6.77. The Morgan fingerprint density at radius 3 is 2.43 bits per heavy atom. The number of aliphatic imine (C=N–C) groups is 1. The van der Waals surface area contributed by atoms with Gasteiger partial charge in [0.1, 0.15) is 0 Å². The van der Waals surface area contributed by atoms with Crippen molar-refractivity contribution in [2.45, 2.75) is 0 Å². The van der Waals surface area contributed by atoms with Gasteiger partial charge >= 0.3 is 5.97 Å². The number of cyclic esters (lactones) is 1. The van der Waals surface area contributed by atoms with Crippen LogP contribution < -0.4 is 0 Å². The van der Waals surface area contributed by atoms with Crippen molar-refractivity contribution in [3.05, 3.63) is 72.5 Å². The van der Waals surface area contributed by atoms with E-state index in [-0.39, 0.29) is 0 Å². The van der Waals surface area contributed by atoms with Gasteiger partial charge in [0, 0.05) is 12.7 Å². The Balaban J connectivity index is 1.96. The molecule has 0 unspecified atom stereocenters. The van der Waals surface area contributed by atoms with Gasteiger partial charge in [-0.1, -0.05) is 18.2 Å². The van der Waals surface area contributed by atoms with Crippen molar-refractivity contribution < 1.29 is 9.53 Å². The summed E-state index contributed by atoms with van der Waals surface area (Å²) in [5.41, 5.74) is 2.08. The minimum Gasteiger partial charge on any atom is -0.402 e. The van der Waals surface area contributed by atoms with Gasteiger partial charge in [-0.25, -0.2) is 9.79 Å². The van der Waals surface area contributed by atoms with Gasteiger partial charge in [0.05, 0.1) is 0 Å². The Morgan fingerprint density at radius 1 is 1.00 bits per heavy atom. The zero-order valence-electron chi connectivity index (χ0n) is 10.7. The highest BCUT2D eigenvalue weighted by molar-refractivity contribution is 14.1. The van der Waals surface area contributed by atoms with Gasteiger partial charge in [0.25, 0.3) is 0 Å². The quantitative estimate of drug-likeness (QED) is 0.351. The normalized spacial score (nSPS) is 16.0. The highest BCUT2D eigenvalue weighted by Crippen LogP contribution is 2.21. The van der Waals surface area contributed by atoms with E-state index in [4.69, 9.17) is 4.74 Å². The predicted molar refractivity (Wildman–Crippen MR) is 98.9 cm³/mol. The molecular formula is C16H9I2NO2. The third kappa shape index (κ3) is 3.34. The molecule has 2 aromatic carbocycles. The van der Waals surface area contributed by atoms with Gasteiger partial charge in [0.2, 0.25) is 5.90 Å². The molecule has 0 saturated carbocycles. The first-order valence-electron chi connectivity index (χ1n) is 6.16. The number of benzene rings is 2. The molecule has 0 bridgehead atoms. The second-order valence-electron chi connectivity index (χ2n) is 4.36. The minimum atomic E-state index is -0.414. The molecule has 0 N–H and O–H groups in total. The van der Waals surface area contributed by atoms with Crippen molar-refractivity contribution >= 4 is 63.1 Å². The summed E-state index contributed by atoms with van der Waals surface area (Å²) in [5, 5.41) is 0. The summed E-state index contributed by atoms with van der Waals surface area (Å²) in [7, 11) is 0. The fraction of sp³-hybridized carbons (Fsp3) is 0. The van der Waals surface area contributed by atoms with E-state index in [0.717, 1.165) is 18.3 Å². The molecule has 0 fully saturated rings. The fourth-order valence-corrected chi connectivity index (χ4v) is 2.77. The van der Waals surface area contributed by atoms with E-state index in [1.54, 1.807) is 6.08 Å². The zero-order chi connectivity index (χ0) is 14.8. The molecule has 1 aliphatic rings. The molecular weight excluding hydrogens is 492 g/mol. The molecule has 1 heterocycles. The molecule has 0 spiro atoms. The van der Waals surface area contributed by atoms with E-state index >= 15 is 0 Å². The van der Waals surface area contributed by atoms with Crippen LogP contribution in [0, 0.1) is 7.14 Å². The first kappa shape index (κ1) is 14.7. The van der Waals surface area contributed by atoms with E-state index in [9.17, 15) is 4.79 Å². The maximum Gasteiger partial charge on any atom is 0.363 e. The van der Waals surface area contributed by atoms with Crippen LogP contribution in [0.1, 0.15) is 11.1 Å². The lowest BCUT2D eigenvalue weighted by atomic mass is 10.2. The molecule has 0 radical (unpaired) electrons. The standard InChI is InChI=1S/C16H9I2NO2/c17-12-7-5-10(6-8-12)15-19-14(16(20)21-15)9-11-3-1-2-4-13(11)18/h1-9H/b14-9+. The molecule has 0 aromatic heterocycles. The summed E-state index contributed by atoms with van der Waals surface area (Å²) in [5.74, 6) is -0.0585. The van der Waals surface area contributed by atoms with Gasteiger partial charge in [0.15, 0.2) is 5.70 Å². The van der Waals surface area contributed by atoms with Crippen LogP contribution >= 0.6 is 45.2 Å². The lowest BCUT2D eigenvalue weighted by molar-refractivity contribution is -0.129. The van der Waals surface area contributed by atoms with Crippen molar-refractivity contribution in [1.29, 1.82) is 0 Å². The number of carbonyl (C=O) groups excluding carboxylic acids is 1. The molecule has 0 saturated heterocycles. The summed E-state index contributed by atoms with van der Waals surface area (Å²) in [4.78, 5) is 16.2. The molecule has 0 amide bonds. The van der Waals surface area contributed by atoms with Crippen molar-refractivity contribution in [2.24, 2.45) is 4.99 Å². The van der Waals surface area contributed by atoms with Gasteiger partial charge in [-0.2, -0.15) is 0 Å². The smallest absolute Gasteiger partial charge is 0.363 e. The molecule has 3 rings (SSSR count). The molecule has 5 heteroatoms. The van der Waals surface area contributed by atoms with Crippen LogP contribution in [0.3, 0.4) is 0 Å². The Labute approximate surface area is 149 Å². The third-order valence-electron chi connectivity index (χ3n) is 2.91. The van der Waals surface area contributed by atoms with Crippen molar-refractivity contribution in [1.82, 2.24) is 0 Å². The molecule has 0 aliphatic carbocycles. The van der Waals surface area contributed by atoms with E-state index in [1.807, 2.05) is 48.5 Å². The van der Waals surface area contributed by atoms with Crippen LogP contribution in [-0.2, 0) is 9.53 Å². The van der Waals surface area contributed by atoms with Crippen LogP contribution in [0.5, 0.6) is 0 Å². The number of halogens is 2. The van der Waals surface area contributed by atoms with E-state index in [2.05, 4.69) is 50.2 Å². The maximum absolute atomic E-state index is 11.9. The minimum absolute atomic E-state index is 0.327. The van der Waals surface area contributed by atoms with Gasteiger partial charge in [-0.05, 0) is 87.2 Å². The Hall–Kier alpha value is -1.22. The van der Waals surface area contributed by atoms with Gasteiger partial charge < -0.3 is 4.74 Å². The number of ether oxygens (including phenoxy) is 1. The first-order valence-corrected chi connectivity index (χ1v) is 8.32. The molecule has 21 heavy (non-hydrogen) atoms. The molecule has 3 nitrogen and oxygen atoms in total. The summed E-state index contributed by atoms with van der Waals surface area (Å²) in [6, 6.07) is 15.5. The SMILES string of the molecule is O=C1OC(c2ccc(I)cc2)=N/C1=C/c1ccccc1I. The monoisotopic (exact) mass is 501 g/mol. The number of hydrogen-bond donors (Lipinski definition) is 0.